The number of nitrogens with zero attached hydrogens (tertiary/aromatic N) is 3. The summed E-state index contributed by atoms with van der Waals surface area (Å²) >= 11 is 7.28. The summed E-state index contributed by atoms with van der Waals surface area (Å²) in [6.45, 7) is 2.71. The van der Waals surface area contributed by atoms with Gasteiger partial charge in [0.1, 0.15) is 6.61 Å². The van der Waals surface area contributed by atoms with Crippen LogP contribution in [0.3, 0.4) is 0 Å². The second-order valence-electron chi connectivity index (χ2n) is 10.5. The number of halogens is 1. The zero-order valence-corrected chi connectivity index (χ0v) is 24.1. The number of methoxy groups -OCH3 is 1. The lowest BCUT2D eigenvalue weighted by molar-refractivity contribution is -0.143. The van der Waals surface area contributed by atoms with Crippen molar-refractivity contribution in [3.05, 3.63) is 52.5 Å². The molecular weight excluding hydrogens is 554 g/mol. The first-order valence-electron chi connectivity index (χ1n) is 13.6. The van der Waals surface area contributed by atoms with Crippen LogP contribution in [0, 0.1) is 11.8 Å². The van der Waals surface area contributed by atoms with Crippen LogP contribution in [0.5, 0.6) is 11.5 Å². The van der Waals surface area contributed by atoms with Gasteiger partial charge >= 0.3 is 5.97 Å². The van der Waals surface area contributed by atoms with Gasteiger partial charge < -0.3 is 19.6 Å². The van der Waals surface area contributed by atoms with E-state index < -0.39 is 5.97 Å². The lowest BCUT2D eigenvalue weighted by Crippen LogP contribution is -2.44. The number of thioether (sulfide) groups is 1. The van der Waals surface area contributed by atoms with Crippen molar-refractivity contribution in [3.63, 3.8) is 0 Å². The van der Waals surface area contributed by atoms with Crippen LogP contribution < -0.4 is 14.5 Å². The van der Waals surface area contributed by atoms with E-state index >= 15 is 0 Å². The number of ether oxygens (including phenoxy) is 2. The minimum atomic E-state index is -0.687. The molecular formula is C29H34ClN3O6S. The average Bonchev–Trinajstić information content (AvgIpc) is 3.51. The van der Waals surface area contributed by atoms with E-state index in [0.717, 1.165) is 60.4 Å². The van der Waals surface area contributed by atoms with Gasteiger partial charge in [0.25, 0.3) is 5.24 Å². The Morgan fingerprint density at radius 1 is 1.12 bits per heavy atom. The van der Waals surface area contributed by atoms with Gasteiger partial charge in [-0.15, -0.1) is 0 Å². The van der Waals surface area contributed by atoms with Crippen LogP contribution in [0.4, 0.5) is 10.5 Å². The minimum Gasteiger partial charge on any atom is -0.493 e. The molecule has 0 unspecified atom stereocenters. The highest BCUT2D eigenvalue weighted by Gasteiger charge is 2.32. The molecule has 1 saturated carbocycles. The molecule has 11 heteroatoms. The first-order valence-corrected chi connectivity index (χ1v) is 15.0. The quantitative estimate of drug-likeness (QED) is 0.385. The minimum absolute atomic E-state index is 0.183. The third-order valence-electron chi connectivity index (χ3n) is 7.93. The molecule has 0 radical (unpaired) electrons. The average molecular weight is 588 g/mol. The van der Waals surface area contributed by atoms with Crippen molar-refractivity contribution in [1.29, 1.82) is 0 Å². The molecule has 2 heterocycles. The van der Waals surface area contributed by atoms with E-state index in [1.54, 1.807) is 7.11 Å². The summed E-state index contributed by atoms with van der Waals surface area (Å²) < 4.78 is 11.5. The fourth-order valence-corrected chi connectivity index (χ4v) is 6.72. The van der Waals surface area contributed by atoms with Gasteiger partial charge in [-0.1, -0.05) is 29.4 Å². The SMILES string of the molecule is COc1cc(CN(CC2CCC(C(=O)O)CC2)N2CCc3cc(Cl)ccc32)ccc1OCCN1C(=O)CSC1=O. The van der Waals surface area contributed by atoms with E-state index in [1.807, 2.05) is 30.3 Å². The van der Waals surface area contributed by atoms with Crippen molar-refractivity contribution in [2.75, 3.05) is 44.1 Å². The van der Waals surface area contributed by atoms with E-state index in [-0.39, 0.29) is 36.0 Å². The van der Waals surface area contributed by atoms with Gasteiger partial charge in [-0.05, 0) is 79.5 Å². The van der Waals surface area contributed by atoms with Crippen LogP contribution in [-0.2, 0) is 22.6 Å². The van der Waals surface area contributed by atoms with E-state index in [9.17, 15) is 19.5 Å². The normalized spacial score (nSPS) is 20.8. The molecule has 3 aliphatic rings. The molecule has 0 spiro atoms. The molecule has 5 rings (SSSR count). The van der Waals surface area contributed by atoms with E-state index in [0.29, 0.717) is 36.8 Å². The number of carbonyl (C=O) groups is 3. The highest BCUT2D eigenvalue weighted by atomic mass is 35.5. The van der Waals surface area contributed by atoms with Crippen molar-refractivity contribution in [3.8, 4) is 11.5 Å². The number of carboxylic acids is 1. The zero-order chi connectivity index (χ0) is 28.2. The topological polar surface area (TPSA) is 99.6 Å². The Labute approximate surface area is 243 Å². The third-order valence-corrected chi connectivity index (χ3v) is 9.02. The number of imide groups is 1. The van der Waals surface area contributed by atoms with Gasteiger partial charge in [0.15, 0.2) is 11.5 Å². The number of benzene rings is 2. The van der Waals surface area contributed by atoms with Crippen molar-refractivity contribution >= 4 is 46.2 Å². The van der Waals surface area contributed by atoms with Crippen molar-refractivity contribution in [2.45, 2.75) is 38.6 Å². The molecule has 0 aromatic heterocycles. The largest absolute Gasteiger partial charge is 0.493 e. The van der Waals surface area contributed by atoms with Crippen LogP contribution in [0.2, 0.25) is 5.02 Å². The second-order valence-corrected chi connectivity index (χ2v) is 11.8. The van der Waals surface area contributed by atoms with E-state index in [2.05, 4.69) is 16.1 Å². The summed E-state index contributed by atoms with van der Waals surface area (Å²) in [6.07, 6.45) is 4.13. The summed E-state index contributed by atoms with van der Waals surface area (Å²) in [5.74, 6) is 0.611. The zero-order valence-electron chi connectivity index (χ0n) is 22.5. The number of fused-ring (bicyclic) bond motifs is 1. The van der Waals surface area contributed by atoms with Gasteiger partial charge in [0, 0.05) is 24.7 Å². The molecule has 9 nitrogen and oxygen atoms in total. The molecule has 2 aromatic rings. The Bertz CT molecular complexity index is 1250. The lowest BCUT2D eigenvalue weighted by atomic mass is 9.82. The summed E-state index contributed by atoms with van der Waals surface area (Å²) in [6, 6.07) is 11.9. The Kier molecular flexibility index (Phi) is 9.07. The maximum absolute atomic E-state index is 11.9. The van der Waals surface area contributed by atoms with Crippen LogP contribution in [0.15, 0.2) is 36.4 Å². The lowest BCUT2D eigenvalue weighted by Gasteiger charge is -2.38. The summed E-state index contributed by atoms with van der Waals surface area (Å²) in [5.41, 5.74) is 3.42. The summed E-state index contributed by atoms with van der Waals surface area (Å²) in [4.78, 5) is 36.4. The van der Waals surface area contributed by atoms with Gasteiger partial charge in [-0.25, -0.2) is 5.01 Å². The number of aliphatic carboxylic acids is 1. The molecule has 1 saturated heterocycles. The standard InChI is InChI=1S/C29H34ClN3O6S/c1-38-26-14-20(4-9-25(26)39-13-12-32-27(34)18-40-29(32)37)17-31(16-19-2-5-21(6-3-19)28(35)36)33-11-10-22-15-23(30)7-8-24(22)33/h4,7-9,14-15,19,21H,2-3,5-6,10-13,16-18H2,1H3,(H,35,36). The number of rotatable bonds is 11. The first kappa shape index (κ1) is 28.6. The molecule has 2 fully saturated rings. The Morgan fingerprint density at radius 3 is 2.62 bits per heavy atom. The molecule has 1 N–H and O–H groups in total. The fraction of sp³-hybridized carbons (Fsp3) is 0.483. The molecule has 40 heavy (non-hydrogen) atoms. The van der Waals surface area contributed by atoms with Crippen LogP contribution in [-0.4, -0.2) is 71.2 Å². The number of anilines is 1. The Balaban J connectivity index is 1.29. The van der Waals surface area contributed by atoms with Crippen LogP contribution in [0.25, 0.3) is 0 Å². The molecule has 2 aliphatic heterocycles. The Hall–Kier alpha value is -2.95. The molecule has 0 bridgehead atoms. The predicted molar refractivity (Wildman–Crippen MR) is 154 cm³/mol. The smallest absolute Gasteiger partial charge is 0.306 e. The molecule has 2 amide bonds. The summed E-state index contributed by atoms with van der Waals surface area (Å²) in [5, 5.41) is 14.6. The van der Waals surface area contributed by atoms with E-state index in [4.69, 9.17) is 21.1 Å². The highest BCUT2D eigenvalue weighted by Crippen LogP contribution is 2.36. The predicted octanol–water partition coefficient (Wildman–Crippen LogP) is 5.09. The number of carboxylic acid groups (broad SMARTS) is 1. The number of hydrogen-bond donors (Lipinski definition) is 1. The second kappa shape index (κ2) is 12.7. The number of hydrazine groups is 1. The van der Waals surface area contributed by atoms with E-state index in [1.165, 1.54) is 10.5 Å². The maximum atomic E-state index is 11.9. The Morgan fingerprint density at radius 2 is 1.93 bits per heavy atom. The molecule has 2 aromatic carbocycles. The number of amides is 2. The highest BCUT2D eigenvalue weighted by molar-refractivity contribution is 8.14. The number of carbonyl (C=O) groups excluding carboxylic acids is 2. The van der Waals surface area contributed by atoms with Crippen LogP contribution >= 0.6 is 23.4 Å². The van der Waals surface area contributed by atoms with Gasteiger partial charge in [0.2, 0.25) is 5.91 Å². The van der Waals surface area contributed by atoms with Gasteiger partial charge in [-0.2, -0.15) is 0 Å². The monoisotopic (exact) mass is 587 g/mol. The van der Waals surface area contributed by atoms with Crippen molar-refractivity contribution < 1.29 is 29.0 Å². The van der Waals surface area contributed by atoms with Crippen molar-refractivity contribution in [1.82, 2.24) is 9.91 Å². The van der Waals surface area contributed by atoms with Gasteiger partial charge in [-0.3, -0.25) is 19.3 Å². The first-order chi connectivity index (χ1) is 19.3. The molecule has 214 valence electrons. The molecule has 0 atom stereocenters. The van der Waals surface area contributed by atoms with Crippen LogP contribution in [0.1, 0.15) is 36.8 Å². The maximum Gasteiger partial charge on any atom is 0.306 e. The number of hydrogen-bond acceptors (Lipinski definition) is 8. The van der Waals surface area contributed by atoms with Gasteiger partial charge in [0.05, 0.1) is 31.0 Å². The summed E-state index contributed by atoms with van der Waals surface area (Å²) in [7, 11) is 1.59. The van der Waals surface area contributed by atoms with Crippen molar-refractivity contribution in [2.24, 2.45) is 11.8 Å². The third kappa shape index (κ3) is 6.50. The molecule has 1 aliphatic carbocycles. The fourth-order valence-electron chi connectivity index (χ4n) is 5.77.